The van der Waals surface area contributed by atoms with Gasteiger partial charge in [-0.2, -0.15) is 22.8 Å². The molecule has 1 saturated heterocycles. The summed E-state index contributed by atoms with van der Waals surface area (Å²) in [5.74, 6) is -1.65. The number of ether oxygens (including phenoxy) is 1. The lowest BCUT2D eigenvalue weighted by Gasteiger charge is -2.03. The summed E-state index contributed by atoms with van der Waals surface area (Å²) >= 11 is 0. The Morgan fingerprint density at radius 2 is 2.12 bits per heavy atom. The molecule has 14 heteroatoms. The lowest BCUT2D eigenvalue weighted by molar-refractivity contribution is -0.144. The van der Waals surface area contributed by atoms with E-state index in [2.05, 4.69) is 35.5 Å². The Hall–Kier alpha value is -3.81. The van der Waals surface area contributed by atoms with E-state index >= 15 is 0 Å². The molecule has 11 nitrogen and oxygen atoms in total. The van der Waals surface area contributed by atoms with Gasteiger partial charge in [0.15, 0.2) is 0 Å². The maximum Gasteiger partial charge on any atom is 0.451 e. The van der Waals surface area contributed by atoms with Crippen molar-refractivity contribution in [3.05, 3.63) is 41.5 Å². The van der Waals surface area contributed by atoms with Gasteiger partial charge in [-0.25, -0.2) is 9.97 Å². The quantitative estimate of drug-likeness (QED) is 0.437. The van der Waals surface area contributed by atoms with Crippen molar-refractivity contribution in [1.29, 1.82) is 0 Å². The third-order valence-electron chi connectivity index (χ3n) is 4.90. The second kappa shape index (κ2) is 7.40. The average molecular weight is 447 g/mol. The number of amides is 1. The van der Waals surface area contributed by atoms with Crippen molar-refractivity contribution in [1.82, 2.24) is 39.9 Å². The maximum absolute atomic E-state index is 12.7. The van der Waals surface area contributed by atoms with Crippen LogP contribution >= 0.6 is 0 Å². The Balaban J connectivity index is 1.35. The number of aromatic amines is 2. The molecule has 0 spiro atoms. The van der Waals surface area contributed by atoms with E-state index in [9.17, 15) is 18.0 Å². The van der Waals surface area contributed by atoms with Gasteiger partial charge in [0.05, 0.1) is 11.0 Å². The first-order chi connectivity index (χ1) is 15.3. The van der Waals surface area contributed by atoms with Crippen LogP contribution in [0, 0.1) is 6.92 Å². The molecule has 1 aliphatic heterocycles. The summed E-state index contributed by atoms with van der Waals surface area (Å²) in [5.41, 5.74) is 1.93. The van der Waals surface area contributed by atoms with Crippen molar-refractivity contribution in [3.8, 4) is 5.95 Å². The van der Waals surface area contributed by atoms with Crippen molar-refractivity contribution in [2.24, 2.45) is 0 Å². The number of nitrogens with zero attached hydrogens (tertiary/aromatic N) is 6. The zero-order valence-corrected chi connectivity index (χ0v) is 16.6. The molecule has 4 aromatic rings. The van der Waals surface area contributed by atoms with Crippen LogP contribution in [0.15, 0.2) is 18.2 Å². The molecule has 4 heterocycles. The SMILES string of the molecule is Cc1nc(C(=O)Nc2ccc3nc(C4CCCO4)[nH]c3c2)nn1-c1n[nH]c(C(F)(F)F)n1. The summed E-state index contributed by atoms with van der Waals surface area (Å²) in [6.07, 6.45) is -2.88. The van der Waals surface area contributed by atoms with E-state index in [1.807, 2.05) is 0 Å². The molecule has 0 aliphatic carbocycles. The first-order valence-corrected chi connectivity index (χ1v) is 9.64. The zero-order valence-electron chi connectivity index (χ0n) is 16.6. The molecule has 32 heavy (non-hydrogen) atoms. The lowest BCUT2D eigenvalue weighted by Crippen LogP contribution is -2.14. The number of rotatable bonds is 4. The number of aryl methyl sites for hydroxylation is 1. The third kappa shape index (κ3) is 3.68. The van der Waals surface area contributed by atoms with Gasteiger partial charge in [-0.05, 0) is 38.0 Å². The highest BCUT2D eigenvalue weighted by Gasteiger charge is 2.36. The average Bonchev–Trinajstić information content (AvgIpc) is 3.51. The number of hydrogen-bond acceptors (Lipinski definition) is 7. The fraction of sp³-hybridized carbons (Fsp3) is 0.333. The van der Waals surface area contributed by atoms with Crippen molar-refractivity contribution in [3.63, 3.8) is 0 Å². The summed E-state index contributed by atoms with van der Waals surface area (Å²) in [6.45, 7) is 2.17. The van der Waals surface area contributed by atoms with Crippen LogP contribution in [0.25, 0.3) is 17.0 Å². The van der Waals surface area contributed by atoms with Crippen LogP contribution in [-0.4, -0.2) is 52.4 Å². The molecule has 0 saturated carbocycles. The van der Waals surface area contributed by atoms with Gasteiger partial charge in [-0.1, -0.05) is 0 Å². The fourth-order valence-electron chi connectivity index (χ4n) is 3.39. The standard InChI is InChI=1S/C18H16F3N9O2/c1-8-22-14(29-30(8)17-26-16(27-28-17)18(19,20)21)15(31)23-9-4-5-10-11(7-9)25-13(24-10)12-3-2-6-32-12/h4-5,7,12H,2-3,6H2,1H3,(H,23,31)(H,24,25)(H,26,27,28). The summed E-state index contributed by atoms with van der Waals surface area (Å²) in [6, 6.07) is 5.14. The Morgan fingerprint density at radius 1 is 1.28 bits per heavy atom. The predicted octanol–water partition coefficient (Wildman–Crippen LogP) is 2.69. The number of alkyl halides is 3. The van der Waals surface area contributed by atoms with Gasteiger partial charge in [0, 0.05) is 12.3 Å². The van der Waals surface area contributed by atoms with Gasteiger partial charge in [0.1, 0.15) is 17.8 Å². The van der Waals surface area contributed by atoms with Crippen molar-refractivity contribution >= 4 is 22.6 Å². The zero-order chi connectivity index (χ0) is 22.5. The van der Waals surface area contributed by atoms with Crippen LogP contribution < -0.4 is 5.32 Å². The Morgan fingerprint density at radius 3 is 2.84 bits per heavy atom. The van der Waals surface area contributed by atoms with Crippen molar-refractivity contribution in [2.45, 2.75) is 32.0 Å². The molecule has 1 aliphatic rings. The first-order valence-electron chi connectivity index (χ1n) is 9.64. The van der Waals surface area contributed by atoms with E-state index in [4.69, 9.17) is 4.74 Å². The van der Waals surface area contributed by atoms with Gasteiger partial charge in [-0.3, -0.25) is 9.89 Å². The van der Waals surface area contributed by atoms with Crippen LogP contribution in [0.3, 0.4) is 0 Å². The maximum atomic E-state index is 12.7. The normalized spacial score (nSPS) is 16.7. The Bertz CT molecular complexity index is 1300. The summed E-state index contributed by atoms with van der Waals surface area (Å²) in [5, 5.41) is 11.9. The number of fused-ring (bicyclic) bond motifs is 1. The minimum atomic E-state index is -4.69. The number of hydrogen-bond donors (Lipinski definition) is 3. The fourth-order valence-corrected chi connectivity index (χ4v) is 3.39. The molecule has 1 atom stereocenters. The molecular formula is C18H16F3N9O2. The number of H-pyrrole nitrogens is 2. The van der Waals surface area contributed by atoms with Crippen molar-refractivity contribution < 1.29 is 22.7 Å². The summed E-state index contributed by atoms with van der Waals surface area (Å²) in [7, 11) is 0. The molecule has 1 unspecified atom stereocenters. The van der Waals surface area contributed by atoms with Crippen molar-refractivity contribution in [2.75, 3.05) is 11.9 Å². The summed E-state index contributed by atoms with van der Waals surface area (Å²) < 4.78 is 44.8. The van der Waals surface area contributed by atoms with Crippen LogP contribution in [0.1, 0.15) is 47.0 Å². The van der Waals surface area contributed by atoms with Crippen LogP contribution in [0.2, 0.25) is 0 Å². The van der Waals surface area contributed by atoms with Crippen LogP contribution in [0.5, 0.6) is 0 Å². The molecule has 5 rings (SSSR count). The van der Waals surface area contributed by atoms with Gasteiger partial charge in [0.25, 0.3) is 11.9 Å². The lowest BCUT2D eigenvalue weighted by atomic mass is 10.2. The molecule has 166 valence electrons. The van der Waals surface area contributed by atoms with Gasteiger partial charge in [-0.15, -0.1) is 10.2 Å². The van der Waals surface area contributed by atoms with Crippen LogP contribution in [-0.2, 0) is 10.9 Å². The largest absolute Gasteiger partial charge is 0.451 e. The highest BCUT2D eigenvalue weighted by molar-refractivity contribution is 6.02. The Labute approximate surface area is 177 Å². The van der Waals surface area contributed by atoms with E-state index in [0.29, 0.717) is 12.3 Å². The number of carbonyl (C=O) groups excluding carboxylic acids is 1. The predicted molar refractivity (Wildman–Crippen MR) is 103 cm³/mol. The van der Waals surface area contributed by atoms with Gasteiger partial charge < -0.3 is 15.0 Å². The number of carbonyl (C=O) groups is 1. The molecule has 0 radical (unpaired) electrons. The monoisotopic (exact) mass is 447 g/mol. The Kier molecular flexibility index (Phi) is 4.65. The molecule has 3 aromatic heterocycles. The van der Waals surface area contributed by atoms with E-state index in [1.54, 1.807) is 23.3 Å². The summed E-state index contributed by atoms with van der Waals surface area (Å²) in [4.78, 5) is 27.7. The highest BCUT2D eigenvalue weighted by atomic mass is 19.4. The third-order valence-corrected chi connectivity index (χ3v) is 4.90. The number of aromatic nitrogens is 8. The smallest absolute Gasteiger partial charge is 0.370 e. The number of halogens is 3. The molecule has 1 fully saturated rings. The first kappa shape index (κ1) is 20.1. The molecular weight excluding hydrogens is 431 g/mol. The molecule has 1 aromatic carbocycles. The van der Waals surface area contributed by atoms with Gasteiger partial charge >= 0.3 is 6.18 Å². The minimum Gasteiger partial charge on any atom is -0.370 e. The number of nitrogens with one attached hydrogen (secondary N) is 3. The number of anilines is 1. The molecule has 1 amide bonds. The van der Waals surface area contributed by atoms with Gasteiger partial charge in [0.2, 0.25) is 11.6 Å². The van der Waals surface area contributed by atoms with Crippen LogP contribution in [0.4, 0.5) is 18.9 Å². The minimum absolute atomic E-state index is 0.0647. The van der Waals surface area contributed by atoms with E-state index < -0.39 is 17.9 Å². The highest BCUT2D eigenvalue weighted by Crippen LogP contribution is 2.29. The second-order valence-corrected chi connectivity index (χ2v) is 7.19. The van der Waals surface area contributed by atoms with E-state index in [0.717, 1.165) is 34.4 Å². The molecule has 0 bridgehead atoms. The van der Waals surface area contributed by atoms with E-state index in [1.165, 1.54) is 6.92 Å². The van der Waals surface area contributed by atoms with E-state index in [-0.39, 0.29) is 23.7 Å². The molecule has 3 N–H and O–H groups in total. The topological polar surface area (TPSA) is 139 Å². The number of benzene rings is 1. The number of imidazole rings is 1. The second-order valence-electron chi connectivity index (χ2n) is 7.19.